The lowest BCUT2D eigenvalue weighted by Crippen LogP contribution is -2.14. The third kappa shape index (κ3) is 3.52. The summed E-state index contributed by atoms with van der Waals surface area (Å²) < 4.78 is 8.66. The van der Waals surface area contributed by atoms with Gasteiger partial charge in [-0.05, 0) is 42.0 Å². The van der Waals surface area contributed by atoms with Crippen molar-refractivity contribution in [1.29, 1.82) is 0 Å². The highest BCUT2D eigenvalue weighted by atomic mass is 79.9. The van der Waals surface area contributed by atoms with Gasteiger partial charge in [0.25, 0.3) is 0 Å². The van der Waals surface area contributed by atoms with Crippen LogP contribution in [0.15, 0.2) is 92.3 Å². The Morgan fingerprint density at radius 3 is 2.48 bits per heavy atom. The fourth-order valence-corrected chi connectivity index (χ4v) is 3.79. The highest BCUT2D eigenvalue weighted by Gasteiger charge is 2.10. The molecule has 2 aromatic carbocycles. The van der Waals surface area contributed by atoms with E-state index < -0.39 is 0 Å². The van der Waals surface area contributed by atoms with E-state index in [1.165, 1.54) is 0 Å². The van der Waals surface area contributed by atoms with Gasteiger partial charge in [0.2, 0.25) is 0 Å². The van der Waals surface area contributed by atoms with E-state index in [-0.39, 0.29) is 0 Å². The predicted octanol–water partition coefficient (Wildman–Crippen LogP) is 5.66. The number of hydrogen-bond donors (Lipinski definition) is 0. The van der Waals surface area contributed by atoms with Crippen LogP contribution in [0.25, 0.3) is 16.9 Å². The predicted molar refractivity (Wildman–Crippen MR) is 105 cm³/mol. The van der Waals surface area contributed by atoms with Crippen LogP contribution in [0.5, 0.6) is 0 Å². The van der Waals surface area contributed by atoms with E-state index >= 15 is 0 Å². The van der Waals surface area contributed by atoms with Crippen LogP contribution in [0.1, 0.15) is 5.76 Å². The molecular formula is C20H15BrN2OS. The highest BCUT2D eigenvalue weighted by Crippen LogP contribution is 2.25. The molecule has 0 aliphatic carbocycles. The lowest BCUT2D eigenvalue weighted by Gasteiger charge is -2.09. The van der Waals surface area contributed by atoms with E-state index in [9.17, 15) is 0 Å². The SMILES string of the molecule is Brc1ccc(-c2csc(=NCc3ccco3)n2-c2ccccc2)cc1. The molecule has 3 nitrogen and oxygen atoms in total. The van der Waals surface area contributed by atoms with E-state index in [0.717, 1.165) is 32.0 Å². The molecule has 0 spiro atoms. The number of rotatable bonds is 4. The summed E-state index contributed by atoms with van der Waals surface area (Å²) in [6.07, 6.45) is 1.68. The first-order chi connectivity index (χ1) is 12.3. The molecule has 2 aromatic heterocycles. The molecule has 4 rings (SSSR count). The maximum atomic E-state index is 5.40. The van der Waals surface area contributed by atoms with Crippen molar-refractivity contribution in [2.75, 3.05) is 0 Å². The van der Waals surface area contributed by atoms with Crippen molar-refractivity contribution >= 4 is 27.3 Å². The normalized spacial score (nSPS) is 11.8. The summed E-state index contributed by atoms with van der Waals surface area (Å²) in [5.74, 6) is 0.859. The van der Waals surface area contributed by atoms with Gasteiger partial charge in [-0.3, -0.25) is 9.56 Å². The monoisotopic (exact) mass is 410 g/mol. The van der Waals surface area contributed by atoms with Crippen molar-refractivity contribution in [2.24, 2.45) is 4.99 Å². The zero-order chi connectivity index (χ0) is 17.1. The number of nitrogens with zero attached hydrogens (tertiary/aromatic N) is 2. The summed E-state index contributed by atoms with van der Waals surface area (Å²) >= 11 is 5.14. The Kier molecular flexibility index (Phi) is 4.68. The molecule has 0 bridgehead atoms. The highest BCUT2D eigenvalue weighted by molar-refractivity contribution is 9.10. The van der Waals surface area contributed by atoms with Crippen molar-refractivity contribution in [2.45, 2.75) is 6.54 Å². The molecule has 5 heteroatoms. The zero-order valence-corrected chi connectivity index (χ0v) is 15.7. The van der Waals surface area contributed by atoms with Crippen LogP contribution in [0.2, 0.25) is 0 Å². The average Bonchev–Trinajstić information content (AvgIpc) is 3.31. The molecule has 0 atom stereocenters. The van der Waals surface area contributed by atoms with Crippen molar-refractivity contribution in [1.82, 2.24) is 4.57 Å². The van der Waals surface area contributed by atoms with Crippen LogP contribution < -0.4 is 4.80 Å². The summed E-state index contributed by atoms with van der Waals surface area (Å²) in [7, 11) is 0. The Morgan fingerprint density at radius 1 is 0.960 bits per heavy atom. The third-order valence-corrected chi connectivity index (χ3v) is 5.21. The second-order valence-corrected chi connectivity index (χ2v) is 7.23. The van der Waals surface area contributed by atoms with E-state index in [1.54, 1.807) is 17.6 Å². The van der Waals surface area contributed by atoms with Crippen LogP contribution >= 0.6 is 27.3 Å². The van der Waals surface area contributed by atoms with Gasteiger partial charge in [-0.1, -0.05) is 46.3 Å². The smallest absolute Gasteiger partial charge is 0.190 e. The lowest BCUT2D eigenvalue weighted by molar-refractivity contribution is 0.510. The topological polar surface area (TPSA) is 30.4 Å². The molecule has 124 valence electrons. The average molecular weight is 411 g/mol. The van der Waals surface area contributed by atoms with Crippen LogP contribution in [0.4, 0.5) is 0 Å². The minimum atomic E-state index is 0.528. The number of benzene rings is 2. The number of para-hydroxylation sites is 1. The van der Waals surface area contributed by atoms with Crippen molar-refractivity contribution in [3.05, 3.63) is 93.4 Å². The van der Waals surface area contributed by atoms with Gasteiger partial charge in [0.1, 0.15) is 12.3 Å². The van der Waals surface area contributed by atoms with Crippen LogP contribution in [-0.2, 0) is 6.54 Å². The van der Waals surface area contributed by atoms with Crippen molar-refractivity contribution in [3.63, 3.8) is 0 Å². The molecule has 0 saturated heterocycles. The summed E-state index contributed by atoms with van der Waals surface area (Å²) in [5, 5.41) is 2.15. The number of furan rings is 1. The first kappa shape index (κ1) is 16.1. The standard InChI is InChI=1S/C20H15BrN2OS/c21-16-10-8-15(9-11-16)19-14-25-20(22-13-18-7-4-12-24-18)23(19)17-5-2-1-3-6-17/h1-12,14H,13H2. The first-order valence-electron chi connectivity index (χ1n) is 7.86. The zero-order valence-electron chi connectivity index (χ0n) is 13.3. The van der Waals surface area contributed by atoms with Crippen molar-refractivity contribution < 1.29 is 4.42 Å². The molecule has 4 aromatic rings. The summed E-state index contributed by atoms with van der Waals surface area (Å²) in [5.41, 5.74) is 3.38. The molecule has 0 radical (unpaired) electrons. The number of halogens is 1. The number of aromatic nitrogens is 1. The van der Waals surface area contributed by atoms with E-state index in [2.05, 4.69) is 62.3 Å². The van der Waals surface area contributed by atoms with Gasteiger partial charge in [-0.15, -0.1) is 11.3 Å². The second-order valence-electron chi connectivity index (χ2n) is 5.48. The molecule has 0 aliphatic rings. The largest absolute Gasteiger partial charge is 0.467 e. The quantitative estimate of drug-likeness (QED) is 0.426. The molecule has 0 fully saturated rings. The molecule has 2 heterocycles. The van der Waals surface area contributed by atoms with Gasteiger partial charge in [0, 0.05) is 15.5 Å². The second kappa shape index (κ2) is 7.25. The van der Waals surface area contributed by atoms with Crippen LogP contribution in [-0.4, -0.2) is 4.57 Å². The van der Waals surface area contributed by atoms with Crippen molar-refractivity contribution in [3.8, 4) is 16.9 Å². The van der Waals surface area contributed by atoms with Gasteiger partial charge >= 0.3 is 0 Å². The van der Waals surface area contributed by atoms with Crippen LogP contribution in [0, 0.1) is 0 Å². The molecule has 0 saturated carbocycles. The Hall–Kier alpha value is -2.37. The maximum absolute atomic E-state index is 5.40. The Balaban J connectivity index is 1.85. The van der Waals surface area contributed by atoms with Gasteiger partial charge < -0.3 is 4.42 Å². The third-order valence-electron chi connectivity index (χ3n) is 3.81. The summed E-state index contributed by atoms with van der Waals surface area (Å²) in [6.45, 7) is 0.528. The molecule has 0 amide bonds. The Labute approximate surface area is 158 Å². The van der Waals surface area contributed by atoms with E-state index in [1.807, 2.05) is 30.3 Å². The van der Waals surface area contributed by atoms with E-state index in [4.69, 9.17) is 9.41 Å². The number of thiazole rings is 1. The molecule has 0 unspecified atom stereocenters. The first-order valence-corrected chi connectivity index (χ1v) is 9.53. The van der Waals surface area contributed by atoms with Gasteiger partial charge in [-0.2, -0.15) is 0 Å². The van der Waals surface area contributed by atoms with Gasteiger partial charge in [0.05, 0.1) is 12.0 Å². The fraction of sp³-hybridized carbons (Fsp3) is 0.0500. The molecule has 0 aliphatic heterocycles. The minimum Gasteiger partial charge on any atom is -0.467 e. The lowest BCUT2D eigenvalue weighted by atomic mass is 10.1. The Morgan fingerprint density at radius 2 is 1.76 bits per heavy atom. The molecular weight excluding hydrogens is 396 g/mol. The van der Waals surface area contributed by atoms with Gasteiger partial charge in [-0.25, -0.2) is 0 Å². The molecule has 0 N–H and O–H groups in total. The minimum absolute atomic E-state index is 0.528. The maximum Gasteiger partial charge on any atom is 0.190 e. The fourth-order valence-electron chi connectivity index (χ4n) is 2.62. The summed E-state index contributed by atoms with van der Waals surface area (Å²) in [4.78, 5) is 5.71. The van der Waals surface area contributed by atoms with Gasteiger partial charge in [0.15, 0.2) is 4.80 Å². The van der Waals surface area contributed by atoms with E-state index in [0.29, 0.717) is 6.54 Å². The van der Waals surface area contributed by atoms with Crippen LogP contribution in [0.3, 0.4) is 0 Å². The Bertz CT molecular complexity index is 1020. The number of hydrogen-bond acceptors (Lipinski definition) is 3. The summed E-state index contributed by atoms with van der Waals surface area (Å²) in [6, 6.07) is 22.5. The molecule has 25 heavy (non-hydrogen) atoms.